The number of benzene rings is 1. The summed E-state index contributed by atoms with van der Waals surface area (Å²) in [5.74, 6) is -1.37. The number of esters is 1. The maximum Gasteiger partial charge on any atom is 0.339 e. The molecule has 1 atom stereocenters. The Balaban J connectivity index is 1.92. The number of hydrogen-bond donors (Lipinski definition) is 2. The number of halogens is 2. The van der Waals surface area contributed by atoms with Gasteiger partial charge in [-0.3, -0.25) is 4.79 Å². The Hall–Kier alpha value is -1.65. The number of carbonyl (C=O) groups is 2. The van der Waals surface area contributed by atoms with Crippen LogP contribution >= 0.6 is 34.5 Å². The molecule has 0 aliphatic rings. The molecule has 7 nitrogen and oxygen atoms in total. The third-order valence-corrected chi connectivity index (χ3v) is 6.18. The highest BCUT2D eigenvalue weighted by Gasteiger charge is 2.18. The molecule has 3 N–H and O–H groups in total. The molecule has 0 aliphatic carbocycles. The minimum atomic E-state index is -3.89. The molecule has 26 heavy (non-hydrogen) atoms. The molecule has 0 saturated carbocycles. The van der Waals surface area contributed by atoms with E-state index in [2.05, 4.69) is 5.32 Å². The average Bonchev–Trinajstić information content (AvgIpc) is 3.02. The summed E-state index contributed by atoms with van der Waals surface area (Å²) in [6.45, 7) is 1.18. The number of sulfonamides is 1. The Bertz CT molecular complexity index is 943. The lowest BCUT2D eigenvalue weighted by Gasteiger charge is -2.16. The Morgan fingerprint density at radius 1 is 1.31 bits per heavy atom. The maximum atomic E-state index is 11.9. The molecule has 11 heteroatoms. The molecular weight excluding hydrogens is 423 g/mol. The van der Waals surface area contributed by atoms with E-state index < -0.39 is 34.5 Å². The monoisotopic (exact) mass is 436 g/mol. The fraction of sp³-hybridized carbons (Fsp3) is 0.200. The summed E-state index contributed by atoms with van der Waals surface area (Å²) >= 11 is 12.7. The summed E-state index contributed by atoms with van der Waals surface area (Å²) in [7, 11) is -3.89. The van der Waals surface area contributed by atoms with Crippen LogP contribution in [0.25, 0.3) is 0 Å². The second kappa shape index (κ2) is 8.36. The minimum Gasteiger partial charge on any atom is -0.452 e. The van der Waals surface area contributed by atoms with Crippen molar-refractivity contribution in [2.24, 2.45) is 5.14 Å². The molecule has 1 unspecified atom stereocenters. The van der Waals surface area contributed by atoms with Crippen LogP contribution in [0.2, 0.25) is 10.0 Å². The van der Waals surface area contributed by atoms with Crippen LogP contribution < -0.4 is 10.5 Å². The standard InChI is InChI=1S/C15H14Cl2N2O5S2/c1-8(11-3-2-10(16)5-12(11)17)19-13(20)6-24-15(21)9-4-14(25-7-9)26(18,22)23/h2-5,7-8H,6H2,1H3,(H,19,20)(H2,18,22,23). The van der Waals surface area contributed by atoms with Crippen LogP contribution in [-0.4, -0.2) is 26.9 Å². The fourth-order valence-electron chi connectivity index (χ4n) is 2.00. The van der Waals surface area contributed by atoms with E-state index in [0.717, 1.165) is 17.4 Å². The highest BCUT2D eigenvalue weighted by atomic mass is 35.5. The van der Waals surface area contributed by atoms with E-state index in [4.69, 9.17) is 33.1 Å². The molecule has 1 heterocycles. The number of carbonyl (C=O) groups excluding carboxylic acids is 2. The zero-order chi connectivity index (χ0) is 19.5. The molecule has 1 aromatic heterocycles. The Kier molecular flexibility index (Phi) is 6.64. The number of hydrogen-bond acceptors (Lipinski definition) is 6. The predicted molar refractivity (Wildman–Crippen MR) is 99.0 cm³/mol. The van der Waals surface area contributed by atoms with Gasteiger partial charge in [0.25, 0.3) is 5.91 Å². The SMILES string of the molecule is CC(NC(=O)COC(=O)c1csc(S(N)(=O)=O)c1)c1ccc(Cl)cc1Cl. The van der Waals surface area contributed by atoms with Crippen LogP contribution in [0.3, 0.4) is 0 Å². The van der Waals surface area contributed by atoms with Crippen molar-refractivity contribution in [2.45, 2.75) is 17.2 Å². The molecule has 1 aromatic carbocycles. The lowest BCUT2D eigenvalue weighted by molar-refractivity contribution is -0.124. The lowest BCUT2D eigenvalue weighted by Crippen LogP contribution is -2.31. The minimum absolute atomic E-state index is 0.000573. The van der Waals surface area contributed by atoms with Crippen LogP contribution in [0, 0.1) is 0 Å². The van der Waals surface area contributed by atoms with Crippen molar-refractivity contribution in [1.29, 1.82) is 0 Å². The van der Waals surface area contributed by atoms with E-state index in [1.807, 2.05) is 0 Å². The van der Waals surface area contributed by atoms with Gasteiger partial charge in [0.1, 0.15) is 4.21 Å². The molecule has 0 aliphatic heterocycles. The van der Waals surface area contributed by atoms with E-state index in [9.17, 15) is 18.0 Å². The van der Waals surface area contributed by atoms with Gasteiger partial charge in [0, 0.05) is 15.4 Å². The summed E-state index contributed by atoms with van der Waals surface area (Å²) in [6, 6.07) is 5.55. The molecule has 140 valence electrons. The first kappa shape index (κ1) is 20.7. The Morgan fingerprint density at radius 3 is 2.58 bits per heavy atom. The molecule has 0 saturated heterocycles. The summed E-state index contributed by atoms with van der Waals surface area (Å²) in [4.78, 5) is 23.8. The van der Waals surface area contributed by atoms with Crippen molar-refractivity contribution in [3.05, 3.63) is 50.8 Å². The number of nitrogens with one attached hydrogen (secondary N) is 1. The van der Waals surface area contributed by atoms with Crippen LogP contribution in [0.4, 0.5) is 0 Å². The first-order valence-electron chi connectivity index (χ1n) is 7.10. The van der Waals surface area contributed by atoms with E-state index in [-0.39, 0.29) is 9.77 Å². The third-order valence-electron chi connectivity index (χ3n) is 3.23. The number of amides is 1. The quantitative estimate of drug-likeness (QED) is 0.675. The first-order valence-corrected chi connectivity index (χ1v) is 10.3. The van der Waals surface area contributed by atoms with E-state index in [1.165, 1.54) is 5.38 Å². The number of thiophene rings is 1. The van der Waals surface area contributed by atoms with E-state index in [1.54, 1.807) is 25.1 Å². The largest absolute Gasteiger partial charge is 0.452 e. The van der Waals surface area contributed by atoms with Crippen LogP contribution in [0.5, 0.6) is 0 Å². The molecule has 0 fully saturated rings. The first-order chi connectivity index (χ1) is 12.1. The third kappa shape index (κ3) is 5.42. The van der Waals surface area contributed by atoms with Gasteiger partial charge in [-0.15, -0.1) is 11.3 Å². The average molecular weight is 437 g/mol. The predicted octanol–water partition coefficient (Wildman–Crippen LogP) is 2.74. The molecule has 0 bridgehead atoms. The topological polar surface area (TPSA) is 116 Å². The smallest absolute Gasteiger partial charge is 0.339 e. The number of rotatable bonds is 6. The molecular formula is C15H14Cl2N2O5S2. The second-order valence-corrected chi connectivity index (χ2v) is 8.77. The highest BCUT2D eigenvalue weighted by molar-refractivity contribution is 7.91. The summed E-state index contributed by atoms with van der Waals surface area (Å²) < 4.78 is 27.1. The molecule has 0 radical (unpaired) electrons. The Morgan fingerprint density at radius 2 is 2.00 bits per heavy atom. The van der Waals surface area contributed by atoms with Gasteiger partial charge in [0.15, 0.2) is 6.61 Å². The Labute approximate surface area is 164 Å². The maximum absolute atomic E-state index is 11.9. The summed E-state index contributed by atoms with van der Waals surface area (Å²) in [5, 5.41) is 9.77. The van der Waals surface area contributed by atoms with E-state index >= 15 is 0 Å². The van der Waals surface area contributed by atoms with Crippen molar-refractivity contribution >= 4 is 56.4 Å². The number of ether oxygens (including phenoxy) is 1. The van der Waals surface area contributed by atoms with Crippen molar-refractivity contribution in [2.75, 3.05) is 6.61 Å². The van der Waals surface area contributed by atoms with Gasteiger partial charge in [-0.25, -0.2) is 18.4 Å². The van der Waals surface area contributed by atoms with Crippen molar-refractivity contribution in [3.63, 3.8) is 0 Å². The molecule has 2 aromatic rings. The van der Waals surface area contributed by atoms with Gasteiger partial charge in [0.05, 0.1) is 11.6 Å². The molecule has 2 rings (SSSR count). The van der Waals surface area contributed by atoms with Crippen molar-refractivity contribution in [1.82, 2.24) is 5.32 Å². The zero-order valence-corrected chi connectivity index (χ0v) is 16.5. The fourth-order valence-corrected chi connectivity index (χ4v) is 4.15. The zero-order valence-electron chi connectivity index (χ0n) is 13.4. The highest BCUT2D eigenvalue weighted by Crippen LogP contribution is 2.26. The van der Waals surface area contributed by atoms with Gasteiger partial charge < -0.3 is 10.1 Å². The summed E-state index contributed by atoms with van der Waals surface area (Å²) in [6.07, 6.45) is 0. The lowest BCUT2D eigenvalue weighted by atomic mass is 10.1. The van der Waals surface area contributed by atoms with Crippen LogP contribution in [0.1, 0.15) is 28.9 Å². The van der Waals surface area contributed by atoms with Crippen molar-refractivity contribution in [3.8, 4) is 0 Å². The van der Waals surface area contributed by atoms with Crippen LogP contribution in [0.15, 0.2) is 33.9 Å². The van der Waals surface area contributed by atoms with Gasteiger partial charge in [-0.2, -0.15) is 0 Å². The van der Waals surface area contributed by atoms with Crippen molar-refractivity contribution < 1.29 is 22.7 Å². The van der Waals surface area contributed by atoms with Gasteiger partial charge in [-0.1, -0.05) is 29.3 Å². The number of primary sulfonamides is 1. The summed E-state index contributed by atoms with van der Waals surface area (Å²) in [5.41, 5.74) is 0.659. The van der Waals surface area contributed by atoms with Gasteiger partial charge in [0.2, 0.25) is 10.0 Å². The van der Waals surface area contributed by atoms with E-state index in [0.29, 0.717) is 15.6 Å². The molecule has 0 spiro atoms. The normalized spacial score (nSPS) is 12.5. The van der Waals surface area contributed by atoms with Gasteiger partial charge in [-0.05, 0) is 30.7 Å². The molecule has 1 amide bonds. The number of nitrogens with two attached hydrogens (primary N) is 1. The second-order valence-electron chi connectivity index (χ2n) is 5.23. The van der Waals surface area contributed by atoms with Gasteiger partial charge >= 0.3 is 5.97 Å². The van der Waals surface area contributed by atoms with Crippen LogP contribution in [-0.2, 0) is 19.6 Å².